The zero-order chi connectivity index (χ0) is 22.1. The first-order valence-electron chi connectivity index (χ1n) is 11.7. The molecule has 0 unspecified atom stereocenters. The highest BCUT2D eigenvalue weighted by Crippen LogP contribution is 2.27. The summed E-state index contributed by atoms with van der Waals surface area (Å²) < 4.78 is 3.94. The van der Waals surface area contributed by atoms with E-state index >= 15 is 0 Å². The Morgan fingerprint density at radius 2 is 1.75 bits per heavy atom. The maximum Gasteiger partial charge on any atom is 0.242 e. The molecule has 2 aromatic heterocycles. The lowest BCUT2D eigenvalue weighted by atomic mass is 10.0. The lowest BCUT2D eigenvalue weighted by Crippen LogP contribution is -2.44. The van der Waals surface area contributed by atoms with Crippen molar-refractivity contribution in [3.63, 3.8) is 0 Å². The van der Waals surface area contributed by atoms with E-state index in [0.717, 1.165) is 62.8 Å². The monoisotopic (exact) mass is 454 g/mol. The van der Waals surface area contributed by atoms with Gasteiger partial charge in [0.15, 0.2) is 5.16 Å². The molecule has 0 bridgehead atoms. The fourth-order valence-corrected chi connectivity index (χ4v) is 5.88. The van der Waals surface area contributed by atoms with E-state index in [1.54, 1.807) is 0 Å². The fourth-order valence-electron chi connectivity index (χ4n) is 5.05. The minimum atomic E-state index is 0.119. The summed E-state index contributed by atoms with van der Waals surface area (Å²) in [5, 5.41) is 9.50. The van der Waals surface area contributed by atoms with Gasteiger partial charge in [0.05, 0.1) is 16.8 Å². The minimum Gasteiger partial charge on any atom is -0.341 e. The summed E-state index contributed by atoms with van der Waals surface area (Å²) in [5.41, 5.74) is 1.92. The van der Waals surface area contributed by atoms with Gasteiger partial charge in [0.1, 0.15) is 6.54 Å². The summed E-state index contributed by atoms with van der Waals surface area (Å²) >= 11 is 1.43. The van der Waals surface area contributed by atoms with Crippen molar-refractivity contribution in [3.05, 3.63) is 24.3 Å². The number of amides is 2. The quantitative estimate of drug-likeness (QED) is 0.535. The molecule has 2 fully saturated rings. The third-order valence-electron chi connectivity index (χ3n) is 6.77. The van der Waals surface area contributed by atoms with E-state index in [4.69, 9.17) is 0 Å². The van der Waals surface area contributed by atoms with Gasteiger partial charge < -0.3 is 9.80 Å². The smallest absolute Gasteiger partial charge is 0.242 e. The number of hydrogen-bond donors (Lipinski definition) is 0. The molecule has 2 saturated heterocycles. The van der Waals surface area contributed by atoms with Crippen LogP contribution in [0.25, 0.3) is 16.8 Å². The lowest BCUT2D eigenvalue weighted by Gasteiger charge is -2.35. The topological polar surface area (TPSA) is 75.7 Å². The van der Waals surface area contributed by atoms with Crippen molar-refractivity contribution in [2.24, 2.45) is 0 Å². The summed E-state index contributed by atoms with van der Waals surface area (Å²) in [6, 6.07) is 8.35. The molecule has 5 rings (SSSR count). The Kier molecular flexibility index (Phi) is 6.08. The summed E-state index contributed by atoms with van der Waals surface area (Å²) in [6.07, 6.45) is 6.54. The van der Waals surface area contributed by atoms with Gasteiger partial charge in [-0.3, -0.25) is 18.6 Å². The number of hydrogen-bond acceptors (Lipinski definition) is 5. The molecular formula is C23H30N6O2S. The molecule has 9 heteroatoms. The Morgan fingerprint density at radius 3 is 2.53 bits per heavy atom. The van der Waals surface area contributed by atoms with E-state index in [1.807, 2.05) is 43.0 Å². The predicted octanol–water partition coefficient (Wildman–Crippen LogP) is 3.19. The molecule has 32 heavy (non-hydrogen) atoms. The minimum absolute atomic E-state index is 0.119. The molecule has 0 N–H and O–H groups in total. The molecule has 0 radical (unpaired) electrons. The number of fused-ring (bicyclic) bond motifs is 3. The average molecular weight is 455 g/mol. The zero-order valence-corrected chi connectivity index (χ0v) is 19.4. The van der Waals surface area contributed by atoms with Crippen molar-refractivity contribution in [1.82, 2.24) is 29.0 Å². The third-order valence-corrected chi connectivity index (χ3v) is 7.68. The maximum absolute atomic E-state index is 13.0. The van der Waals surface area contributed by atoms with Crippen LogP contribution in [0, 0.1) is 0 Å². The van der Waals surface area contributed by atoms with E-state index in [1.165, 1.54) is 18.2 Å². The van der Waals surface area contributed by atoms with Crippen LogP contribution in [0.15, 0.2) is 29.4 Å². The number of imidazole rings is 1. The van der Waals surface area contributed by atoms with Crippen molar-refractivity contribution in [2.75, 3.05) is 25.4 Å². The third kappa shape index (κ3) is 3.87. The molecule has 4 heterocycles. The fraction of sp³-hybridized carbons (Fsp3) is 0.565. The van der Waals surface area contributed by atoms with Crippen molar-refractivity contribution in [2.45, 2.75) is 63.2 Å². The number of nitrogens with zero attached hydrogens (tertiary/aromatic N) is 6. The van der Waals surface area contributed by atoms with Gasteiger partial charge in [0, 0.05) is 25.7 Å². The maximum atomic E-state index is 13.0. The van der Waals surface area contributed by atoms with Gasteiger partial charge in [-0.05, 0) is 50.7 Å². The number of benzene rings is 1. The normalized spacial score (nSPS) is 19.3. The predicted molar refractivity (Wildman–Crippen MR) is 125 cm³/mol. The van der Waals surface area contributed by atoms with Crippen LogP contribution < -0.4 is 0 Å². The van der Waals surface area contributed by atoms with E-state index in [2.05, 4.69) is 17.1 Å². The van der Waals surface area contributed by atoms with Gasteiger partial charge in [-0.25, -0.2) is 0 Å². The van der Waals surface area contributed by atoms with Crippen LogP contribution in [-0.2, 0) is 16.1 Å². The lowest BCUT2D eigenvalue weighted by molar-refractivity contribution is -0.132. The highest BCUT2D eigenvalue weighted by atomic mass is 32.2. The Hall–Kier alpha value is -2.55. The second-order valence-electron chi connectivity index (χ2n) is 8.71. The summed E-state index contributed by atoms with van der Waals surface area (Å²) in [6.45, 7) is 4.93. The number of aromatic nitrogens is 4. The molecule has 0 saturated carbocycles. The first-order chi connectivity index (χ1) is 15.7. The largest absolute Gasteiger partial charge is 0.341 e. The van der Waals surface area contributed by atoms with Crippen molar-refractivity contribution >= 4 is 40.4 Å². The Morgan fingerprint density at radius 1 is 1.00 bits per heavy atom. The van der Waals surface area contributed by atoms with Crippen LogP contribution in [-0.4, -0.2) is 72.2 Å². The van der Waals surface area contributed by atoms with Gasteiger partial charge in [-0.15, -0.1) is 10.2 Å². The molecule has 1 atom stereocenters. The number of para-hydroxylation sites is 2. The summed E-state index contributed by atoms with van der Waals surface area (Å²) in [7, 11) is 0. The van der Waals surface area contributed by atoms with Crippen LogP contribution >= 0.6 is 11.8 Å². The van der Waals surface area contributed by atoms with E-state index in [0.29, 0.717) is 22.7 Å². The highest BCUT2D eigenvalue weighted by Gasteiger charge is 2.27. The molecule has 1 aromatic carbocycles. The molecule has 2 aliphatic rings. The zero-order valence-electron chi connectivity index (χ0n) is 18.6. The molecule has 170 valence electrons. The first-order valence-corrected chi connectivity index (χ1v) is 12.7. The van der Waals surface area contributed by atoms with E-state index in [-0.39, 0.29) is 18.4 Å². The molecule has 0 aliphatic carbocycles. The number of rotatable bonds is 6. The summed E-state index contributed by atoms with van der Waals surface area (Å²) in [5.74, 6) is 1.29. The molecule has 0 spiro atoms. The molecule has 8 nitrogen and oxygen atoms in total. The second kappa shape index (κ2) is 9.13. The van der Waals surface area contributed by atoms with Crippen LogP contribution in [0.2, 0.25) is 0 Å². The highest BCUT2D eigenvalue weighted by molar-refractivity contribution is 7.99. The number of likely N-dealkylation sites (tertiary alicyclic amines) is 2. The van der Waals surface area contributed by atoms with Gasteiger partial charge >= 0.3 is 0 Å². The number of thioether (sulfide) groups is 1. The van der Waals surface area contributed by atoms with Crippen molar-refractivity contribution < 1.29 is 9.59 Å². The first kappa shape index (κ1) is 21.3. The van der Waals surface area contributed by atoms with Crippen LogP contribution in [0.1, 0.15) is 45.4 Å². The van der Waals surface area contributed by atoms with Crippen LogP contribution in [0.5, 0.6) is 0 Å². The van der Waals surface area contributed by atoms with Gasteiger partial charge in [-0.2, -0.15) is 0 Å². The van der Waals surface area contributed by atoms with Crippen molar-refractivity contribution in [3.8, 4) is 0 Å². The van der Waals surface area contributed by atoms with E-state index < -0.39 is 0 Å². The average Bonchev–Trinajstić information content (AvgIpc) is 3.56. The Labute approximate surface area is 191 Å². The molecule has 2 aliphatic heterocycles. The van der Waals surface area contributed by atoms with Gasteiger partial charge in [-0.1, -0.05) is 30.8 Å². The molecular weight excluding hydrogens is 424 g/mol. The Balaban J connectivity index is 1.40. The van der Waals surface area contributed by atoms with Gasteiger partial charge in [0.2, 0.25) is 17.6 Å². The van der Waals surface area contributed by atoms with Crippen LogP contribution in [0.3, 0.4) is 0 Å². The van der Waals surface area contributed by atoms with Crippen molar-refractivity contribution in [1.29, 1.82) is 0 Å². The van der Waals surface area contributed by atoms with E-state index in [9.17, 15) is 9.59 Å². The van der Waals surface area contributed by atoms with Crippen LogP contribution in [0.4, 0.5) is 0 Å². The molecule has 3 aromatic rings. The SMILES string of the molecule is CC[C@H]1CCCCN1C(=O)CSc1nnc2n(CC(=O)N3CCCC3)c3ccccc3n12. The number of piperidine rings is 1. The Bertz CT molecular complexity index is 1130. The second-order valence-corrected chi connectivity index (χ2v) is 9.66. The standard InChI is InChI=1S/C23H30N6O2S/c1-2-17-9-5-6-14-27(17)21(31)16-32-23-25-24-22-28(15-20(30)26-12-7-8-13-26)18-10-3-4-11-19(18)29(22)23/h3-4,10-11,17H,2,5-9,12-16H2,1H3/t17-/m0/s1. The molecule has 2 amide bonds. The number of carbonyl (C=O) groups is 2. The number of carbonyl (C=O) groups excluding carboxylic acids is 2. The summed E-state index contributed by atoms with van der Waals surface area (Å²) in [4.78, 5) is 29.8. The van der Waals surface area contributed by atoms with Gasteiger partial charge in [0.25, 0.3) is 0 Å².